The fraction of sp³-hybridized carbons (Fsp3) is 0.400. The maximum atomic E-state index is 3.64. The van der Waals surface area contributed by atoms with E-state index in [-0.39, 0.29) is 0 Å². The Labute approximate surface area is 129 Å². The summed E-state index contributed by atoms with van der Waals surface area (Å²) in [6.45, 7) is 7.59. The van der Waals surface area contributed by atoms with Gasteiger partial charge in [-0.15, -0.1) is 0 Å². The normalized spacial score (nSPS) is 12.3. The first kappa shape index (κ1) is 15.8. The zero-order chi connectivity index (χ0) is 15.1. The monoisotopic (exact) mass is 281 g/mol. The minimum Gasteiger partial charge on any atom is -0.314 e. The van der Waals surface area contributed by atoms with Crippen molar-refractivity contribution in [2.45, 2.75) is 46.1 Å². The van der Waals surface area contributed by atoms with E-state index in [1.165, 1.54) is 28.7 Å². The molecule has 112 valence electrons. The van der Waals surface area contributed by atoms with E-state index in [1.807, 2.05) is 0 Å². The van der Waals surface area contributed by atoms with Crippen LogP contribution in [0.25, 0.3) is 0 Å². The second-order valence-corrected chi connectivity index (χ2v) is 5.98. The van der Waals surface area contributed by atoms with Crippen molar-refractivity contribution in [1.29, 1.82) is 0 Å². The molecule has 0 saturated carbocycles. The molecule has 0 bridgehead atoms. The molecule has 1 atom stereocenters. The van der Waals surface area contributed by atoms with Gasteiger partial charge < -0.3 is 5.32 Å². The number of benzene rings is 2. The summed E-state index contributed by atoms with van der Waals surface area (Å²) in [5.74, 6) is 0. The number of nitrogens with one attached hydrogen (secondary N) is 1. The molecular weight excluding hydrogens is 254 g/mol. The number of likely N-dealkylation sites (N-methyl/N-ethyl adjacent to an activating group) is 1. The molecule has 0 radical (unpaired) electrons. The van der Waals surface area contributed by atoms with Crippen LogP contribution in [0.1, 0.15) is 35.6 Å². The second-order valence-electron chi connectivity index (χ2n) is 5.98. The summed E-state index contributed by atoms with van der Waals surface area (Å²) < 4.78 is 0. The molecule has 1 heteroatoms. The molecule has 2 aromatic rings. The topological polar surface area (TPSA) is 12.0 Å². The van der Waals surface area contributed by atoms with Crippen LogP contribution in [0.4, 0.5) is 0 Å². The minimum atomic E-state index is 0.552. The average molecular weight is 281 g/mol. The molecule has 21 heavy (non-hydrogen) atoms. The first-order chi connectivity index (χ1) is 10.2. The van der Waals surface area contributed by atoms with Crippen LogP contribution in [0.15, 0.2) is 48.5 Å². The first-order valence-electron chi connectivity index (χ1n) is 8.02. The van der Waals surface area contributed by atoms with E-state index in [1.54, 1.807) is 0 Å². The molecule has 0 aromatic heterocycles. The second kappa shape index (κ2) is 7.99. The molecule has 0 aliphatic rings. The van der Waals surface area contributed by atoms with Crippen LogP contribution >= 0.6 is 0 Å². The number of hydrogen-bond donors (Lipinski definition) is 1. The summed E-state index contributed by atoms with van der Waals surface area (Å²) in [4.78, 5) is 0. The van der Waals surface area contributed by atoms with E-state index in [9.17, 15) is 0 Å². The fourth-order valence-corrected chi connectivity index (χ4v) is 3.02. The number of rotatable bonds is 7. The Hall–Kier alpha value is -1.60. The third-order valence-electron chi connectivity index (χ3n) is 3.88. The van der Waals surface area contributed by atoms with Crippen LogP contribution in [0.2, 0.25) is 0 Å². The van der Waals surface area contributed by atoms with Crippen molar-refractivity contribution in [2.24, 2.45) is 0 Å². The van der Waals surface area contributed by atoms with Crippen LogP contribution in [0.3, 0.4) is 0 Å². The van der Waals surface area contributed by atoms with E-state index in [0.717, 1.165) is 19.4 Å². The Bertz CT molecular complexity index is 525. The predicted molar refractivity (Wildman–Crippen MR) is 91.8 cm³/mol. The first-order valence-corrected chi connectivity index (χ1v) is 8.02. The molecule has 2 aromatic carbocycles. The molecule has 0 amide bonds. The highest BCUT2D eigenvalue weighted by Gasteiger charge is 2.09. The lowest BCUT2D eigenvalue weighted by atomic mass is 9.97. The van der Waals surface area contributed by atoms with Crippen LogP contribution in [0, 0.1) is 13.8 Å². The zero-order valence-electron chi connectivity index (χ0n) is 13.5. The lowest BCUT2D eigenvalue weighted by molar-refractivity contribution is 0.491. The van der Waals surface area contributed by atoms with E-state index < -0.39 is 0 Å². The molecule has 0 heterocycles. The highest BCUT2D eigenvalue weighted by molar-refractivity contribution is 5.29. The van der Waals surface area contributed by atoms with E-state index in [4.69, 9.17) is 0 Å². The van der Waals surface area contributed by atoms with Gasteiger partial charge in [0.2, 0.25) is 0 Å². The van der Waals surface area contributed by atoms with Crippen molar-refractivity contribution >= 4 is 0 Å². The summed E-state index contributed by atoms with van der Waals surface area (Å²) in [7, 11) is 0. The van der Waals surface area contributed by atoms with Gasteiger partial charge in [0.25, 0.3) is 0 Å². The van der Waals surface area contributed by atoms with Crippen molar-refractivity contribution in [1.82, 2.24) is 5.32 Å². The van der Waals surface area contributed by atoms with Gasteiger partial charge in [0.05, 0.1) is 0 Å². The van der Waals surface area contributed by atoms with Gasteiger partial charge in [-0.1, -0.05) is 66.6 Å². The highest BCUT2D eigenvalue weighted by Crippen LogP contribution is 2.14. The third-order valence-corrected chi connectivity index (χ3v) is 3.88. The van der Waals surface area contributed by atoms with Gasteiger partial charge in [0.1, 0.15) is 0 Å². The summed E-state index contributed by atoms with van der Waals surface area (Å²) >= 11 is 0. The highest BCUT2D eigenvalue weighted by atomic mass is 14.9. The number of hydrogen-bond acceptors (Lipinski definition) is 1. The van der Waals surface area contributed by atoms with Gasteiger partial charge in [-0.2, -0.15) is 0 Å². The summed E-state index contributed by atoms with van der Waals surface area (Å²) in [6, 6.07) is 18.2. The maximum absolute atomic E-state index is 3.64. The van der Waals surface area contributed by atoms with Crippen LogP contribution in [-0.2, 0) is 12.8 Å². The summed E-state index contributed by atoms with van der Waals surface area (Å²) in [5.41, 5.74) is 5.61. The maximum Gasteiger partial charge on any atom is 0.0110 e. The summed E-state index contributed by atoms with van der Waals surface area (Å²) in [6.07, 6.45) is 3.44. The van der Waals surface area contributed by atoms with Crippen molar-refractivity contribution in [2.75, 3.05) is 6.54 Å². The van der Waals surface area contributed by atoms with E-state index >= 15 is 0 Å². The quantitative estimate of drug-likeness (QED) is 0.790. The van der Waals surface area contributed by atoms with Gasteiger partial charge in [-0.25, -0.2) is 0 Å². The largest absolute Gasteiger partial charge is 0.314 e. The fourth-order valence-electron chi connectivity index (χ4n) is 3.02. The van der Waals surface area contributed by atoms with Gasteiger partial charge in [-0.05, 0) is 50.8 Å². The average Bonchev–Trinajstić information content (AvgIpc) is 2.45. The lowest BCUT2D eigenvalue weighted by Gasteiger charge is -2.18. The molecule has 1 N–H and O–H groups in total. The molecule has 0 saturated heterocycles. The molecule has 1 unspecified atom stereocenters. The summed E-state index contributed by atoms with van der Waals surface area (Å²) in [5, 5.41) is 3.64. The Morgan fingerprint density at radius 1 is 0.905 bits per heavy atom. The lowest BCUT2D eigenvalue weighted by Crippen LogP contribution is -2.31. The van der Waals surface area contributed by atoms with Gasteiger partial charge in [0, 0.05) is 6.04 Å². The Kier molecular flexibility index (Phi) is 6.01. The third kappa shape index (κ3) is 5.35. The standard InChI is InChI=1S/C20H27N/c1-4-21-20(11-10-18-8-6-5-7-9-18)15-19-13-16(2)12-17(3)14-19/h5-9,12-14,20-21H,4,10-11,15H2,1-3H3. The predicted octanol–water partition coefficient (Wildman–Crippen LogP) is 4.46. The van der Waals surface area contributed by atoms with E-state index in [0.29, 0.717) is 6.04 Å². The van der Waals surface area contributed by atoms with Crippen molar-refractivity contribution in [3.05, 3.63) is 70.8 Å². The van der Waals surface area contributed by atoms with Crippen LogP contribution in [0.5, 0.6) is 0 Å². The van der Waals surface area contributed by atoms with Crippen molar-refractivity contribution < 1.29 is 0 Å². The number of aryl methyl sites for hydroxylation is 3. The van der Waals surface area contributed by atoms with Crippen LogP contribution in [-0.4, -0.2) is 12.6 Å². The zero-order valence-corrected chi connectivity index (χ0v) is 13.5. The van der Waals surface area contributed by atoms with Gasteiger partial charge in [-0.3, -0.25) is 0 Å². The minimum absolute atomic E-state index is 0.552. The Morgan fingerprint density at radius 2 is 1.57 bits per heavy atom. The van der Waals surface area contributed by atoms with Crippen molar-refractivity contribution in [3.63, 3.8) is 0 Å². The van der Waals surface area contributed by atoms with Gasteiger partial charge >= 0.3 is 0 Å². The molecule has 1 nitrogen and oxygen atoms in total. The Balaban J connectivity index is 1.98. The molecule has 0 aliphatic carbocycles. The SMILES string of the molecule is CCNC(CCc1ccccc1)Cc1cc(C)cc(C)c1. The van der Waals surface area contributed by atoms with Gasteiger partial charge in [0.15, 0.2) is 0 Å². The molecule has 2 rings (SSSR count). The smallest absolute Gasteiger partial charge is 0.0110 e. The molecule has 0 spiro atoms. The molecule has 0 aliphatic heterocycles. The molecule has 0 fully saturated rings. The van der Waals surface area contributed by atoms with Crippen molar-refractivity contribution in [3.8, 4) is 0 Å². The van der Waals surface area contributed by atoms with E-state index in [2.05, 4.69) is 74.6 Å². The molecular formula is C20H27N. The van der Waals surface area contributed by atoms with Crippen LogP contribution < -0.4 is 5.32 Å². The Morgan fingerprint density at radius 3 is 2.19 bits per heavy atom.